The van der Waals surface area contributed by atoms with Crippen molar-refractivity contribution in [3.63, 3.8) is 0 Å². The van der Waals surface area contributed by atoms with Crippen molar-refractivity contribution in [1.29, 1.82) is 0 Å². The van der Waals surface area contributed by atoms with Gasteiger partial charge in [-0.05, 0) is 31.2 Å². The number of carbonyl (C=O) groups is 1. The van der Waals surface area contributed by atoms with Gasteiger partial charge in [0.15, 0.2) is 5.11 Å². The maximum absolute atomic E-state index is 11.7. The molecule has 1 heterocycles. The molecule has 0 spiro atoms. The van der Waals surface area contributed by atoms with E-state index in [4.69, 9.17) is 21.7 Å². The molecule has 1 fully saturated rings. The van der Waals surface area contributed by atoms with Gasteiger partial charge in [-0.15, -0.1) is 0 Å². The Morgan fingerprint density at radius 3 is 2.92 bits per heavy atom. The molecule has 1 aromatic rings. The first-order valence-corrected chi connectivity index (χ1v) is 8.66. The van der Waals surface area contributed by atoms with Crippen LogP contribution in [0.5, 0.6) is 0 Å². The van der Waals surface area contributed by atoms with Crippen LogP contribution in [-0.2, 0) is 9.47 Å². The number of ether oxygens (including phenoxy) is 2. The van der Waals surface area contributed by atoms with E-state index in [0.29, 0.717) is 16.2 Å². The number of hydrazone groups is 1. The van der Waals surface area contributed by atoms with Gasteiger partial charge < -0.3 is 14.8 Å². The van der Waals surface area contributed by atoms with Crippen molar-refractivity contribution in [3.8, 4) is 0 Å². The fourth-order valence-corrected chi connectivity index (χ4v) is 2.59. The number of nitrogens with one attached hydrogen (secondary N) is 2. The quantitative estimate of drug-likeness (QED) is 0.246. The summed E-state index contributed by atoms with van der Waals surface area (Å²) in [5, 5.41) is 7.64. The van der Waals surface area contributed by atoms with Gasteiger partial charge in [0.05, 0.1) is 32.1 Å². The highest BCUT2D eigenvalue weighted by molar-refractivity contribution is 7.80. The summed E-state index contributed by atoms with van der Waals surface area (Å²) in [6.07, 6.45) is 2.55. The van der Waals surface area contributed by atoms with E-state index in [-0.39, 0.29) is 0 Å². The van der Waals surface area contributed by atoms with Crippen LogP contribution in [-0.4, -0.2) is 68.7 Å². The molecule has 0 amide bonds. The van der Waals surface area contributed by atoms with Crippen molar-refractivity contribution in [2.24, 2.45) is 5.10 Å². The number of rotatable bonds is 7. The third kappa shape index (κ3) is 6.77. The average Bonchev–Trinajstić information content (AvgIpc) is 2.66. The minimum Gasteiger partial charge on any atom is -0.465 e. The van der Waals surface area contributed by atoms with E-state index < -0.39 is 5.97 Å². The molecule has 0 atom stereocenters. The summed E-state index contributed by atoms with van der Waals surface area (Å²) in [6, 6.07) is 7.08. The molecule has 0 bridgehead atoms. The van der Waals surface area contributed by atoms with Gasteiger partial charge in [-0.3, -0.25) is 10.3 Å². The number of nitrogens with zero attached hydrogens (tertiary/aromatic N) is 2. The zero-order valence-corrected chi connectivity index (χ0v) is 15.2. The van der Waals surface area contributed by atoms with E-state index in [0.717, 1.165) is 45.8 Å². The van der Waals surface area contributed by atoms with Gasteiger partial charge in [0.1, 0.15) is 0 Å². The van der Waals surface area contributed by atoms with Gasteiger partial charge >= 0.3 is 5.97 Å². The molecule has 0 radical (unpaired) electrons. The monoisotopic (exact) mass is 364 g/mol. The molecular formula is C17H24N4O3S. The van der Waals surface area contributed by atoms with Crippen LogP contribution in [0.15, 0.2) is 29.4 Å². The van der Waals surface area contributed by atoms with Crippen molar-refractivity contribution in [2.45, 2.75) is 6.42 Å². The highest BCUT2D eigenvalue weighted by atomic mass is 32.1. The second kappa shape index (κ2) is 10.8. The summed E-state index contributed by atoms with van der Waals surface area (Å²) in [6.45, 7) is 5.41. The Morgan fingerprint density at radius 1 is 1.40 bits per heavy atom. The molecule has 7 nitrogen and oxygen atoms in total. The van der Waals surface area contributed by atoms with E-state index in [1.54, 1.807) is 24.4 Å². The maximum Gasteiger partial charge on any atom is 0.338 e. The zero-order chi connectivity index (χ0) is 17.9. The Bertz CT molecular complexity index is 603. The second-order valence-corrected chi connectivity index (χ2v) is 5.92. The molecule has 0 aromatic heterocycles. The lowest BCUT2D eigenvalue weighted by molar-refractivity contribution is 0.0376. The number of methoxy groups -OCH3 is 1. The highest BCUT2D eigenvalue weighted by Crippen LogP contribution is 2.07. The lowest BCUT2D eigenvalue weighted by atomic mass is 10.1. The molecule has 25 heavy (non-hydrogen) atoms. The molecule has 0 saturated carbocycles. The van der Waals surface area contributed by atoms with Crippen molar-refractivity contribution in [3.05, 3.63) is 35.4 Å². The maximum atomic E-state index is 11.7. The Balaban J connectivity index is 1.69. The number of thiocarbonyl (C=S) groups is 1. The van der Waals surface area contributed by atoms with E-state index in [1.807, 2.05) is 6.07 Å². The largest absolute Gasteiger partial charge is 0.465 e. The predicted molar refractivity (Wildman–Crippen MR) is 101 cm³/mol. The summed E-state index contributed by atoms with van der Waals surface area (Å²) in [4.78, 5) is 14.1. The Hall–Kier alpha value is -2.03. The molecule has 1 aliphatic heterocycles. The van der Waals surface area contributed by atoms with Gasteiger partial charge in [0.2, 0.25) is 0 Å². The van der Waals surface area contributed by atoms with Crippen LogP contribution in [0.4, 0.5) is 0 Å². The molecule has 2 N–H and O–H groups in total. The molecule has 0 unspecified atom stereocenters. The van der Waals surface area contributed by atoms with E-state index in [2.05, 4.69) is 20.7 Å². The van der Waals surface area contributed by atoms with Crippen LogP contribution in [0.25, 0.3) is 0 Å². The molecule has 1 aliphatic rings. The fourth-order valence-electron chi connectivity index (χ4n) is 2.43. The smallest absolute Gasteiger partial charge is 0.338 e. The molecule has 8 heteroatoms. The van der Waals surface area contributed by atoms with Crippen LogP contribution in [0.1, 0.15) is 22.3 Å². The number of hydrogen-bond acceptors (Lipinski definition) is 6. The predicted octanol–water partition coefficient (Wildman–Crippen LogP) is 0.993. The van der Waals surface area contributed by atoms with Crippen LogP contribution in [0, 0.1) is 0 Å². The van der Waals surface area contributed by atoms with Crippen LogP contribution in [0.2, 0.25) is 0 Å². The summed E-state index contributed by atoms with van der Waals surface area (Å²) >= 11 is 5.19. The molecule has 1 aromatic carbocycles. The number of benzene rings is 1. The van der Waals surface area contributed by atoms with E-state index in [1.165, 1.54) is 7.11 Å². The van der Waals surface area contributed by atoms with Crippen molar-refractivity contribution < 1.29 is 14.3 Å². The second-order valence-electron chi connectivity index (χ2n) is 5.51. The lowest BCUT2D eigenvalue weighted by Gasteiger charge is -2.26. The first-order chi connectivity index (χ1) is 12.2. The Labute approximate surface area is 153 Å². The van der Waals surface area contributed by atoms with E-state index >= 15 is 0 Å². The zero-order valence-electron chi connectivity index (χ0n) is 14.4. The molecule has 2 rings (SSSR count). The summed E-state index contributed by atoms with van der Waals surface area (Å²) in [5.74, 6) is -0.397. The minimum absolute atomic E-state index is 0.397. The van der Waals surface area contributed by atoms with Gasteiger partial charge in [-0.1, -0.05) is 18.2 Å². The van der Waals surface area contributed by atoms with Gasteiger partial charge in [0, 0.05) is 25.2 Å². The third-order valence-electron chi connectivity index (χ3n) is 3.78. The molecule has 1 saturated heterocycles. The third-order valence-corrected chi connectivity index (χ3v) is 4.01. The molecular weight excluding hydrogens is 340 g/mol. The molecule has 0 aliphatic carbocycles. The summed E-state index contributed by atoms with van der Waals surface area (Å²) < 4.78 is 10.1. The molecule has 136 valence electrons. The lowest BCUT2D eigenvalue weighted by Crippen LogP contribution is -2.39. The van der Waals surface area contributed by atoms with Crippen molar-refractivity contribution in [1.82, 2.24) is 15.6 Å². The standard InChI is InChI=1S/C17H24N4O3S/c1-23-16(22)15-6-3-2-5-14(15)13-19-20-17(25)18-7-4-8-21-9-11-24-12-10-21/h2-3,5-6,13H,4,7-12H2,1H3,(H2,18,20,25)/b19-13-. The average molecular weight is 364 g/mol. The first-order valence-electron chi connectivity index (χ1n) is 8.25. The van der Waals surface area contributed by atoms with Gasteiger partial charge in [-0.25, -0.2) is 4.79 Å². The Kier molecular flexibility index (Phi) is 8.30. The van der Waals surface area contributed by atoms with E-state index in [9.17, 15) is 4.79 Å². The normalized spacial score (nSPS) is 15.1. The number of hydrogen-bond donors (Lipinski definition) is 2. The first kappa shape index (κ1) is 19.3. The van der Waals surface area contributed by atoms with Crippen molar-refractivity contribution in [2.75, 3.05) is 46.5 Å². The van der Waals surface area contributed by atoms with Crippen LogP contribution >= 0.6 is 12.2 Å². The fraction of sp³-hybridized carbons (Fsp3) is 0.471. The number of carbonyl (C=O) groups excluding carboxylic acids is 1. The topological polar surface area (TPSA) is 75.2 Å². The van der Waals surface area contributed by atoms with Gasteiger partial charge in [-0.2, -0.15) is 5.10 Å². The number of esters is 1. The minimum atomic E-state index is -0.397. The van der Waals surface area contributed by atoms with Crippen LogP contribution < -0.4 is 10.7 Å². The number of morpholine rings is 1. The highest BCUT2D eigenvalue weighted by Gasteiger charge is 2.10. The van der Waals surface area contributed by atoms with Gasteiger partial charge in [0.25, 0.3) is 0 Å². The van der Waals surface area contributed by atoms with Crippen molar-refractivity contribution >= 4 is 29.5 Å². The Morgan fingerprint density at radius 2 is 2.16 bits per heavy atom. The van der Waals surface area contributed by atoms with Crippen LogP contribution in [0.3, 0.4) is 0 Å². The SMILES string of the molecule is COC(=O)c1ccccc1/C=N\NC(=S)NCCCN1CCOCC1. The summed E-state index contributed by atoms with van der Waals surface area (Å²) in [7, 11) is 1.35. The summed E-state index contributed by atoms with van der Waals surface area (Å²) in [5.41, 5.74) is 3.88.